The normalized spacial score (nSPS) is 16.2. The van der Waals surface area contributed by atoms with Gasteiger partial charge in [-0.3, -0.25) is 4.79 Å². The Balaban J connectivity index is 1.57. The molecule has 0 spiro atoms. The van der Waals surface area contributed by atoms with Crippen molar-refractivity contribution in [3.8, 4) is 0 Å². The predicted molar refractivity (Wildman–Crippen MR) is 86.2 cm³/mol. The first-order chi connectivity index (χ1) is 10.2. The number of nitrogens with two attached hydrogens (primary N) is 1. The summed E-state index contributed by atoms with van der Waals surface area (Å²) in [7, 11) is 0. The van der Waals surface area contributed by atoms with Crippen LogP contribution in [0.15, 0.2) is 24.3 Å². The van der Waals surface area contributed by atoms with E-state index in [1.54, 1.807) is 0 Å². The second-order valence-electron chi connectivity index (χ2n) is 6.04. The maximum Gasteiger partial charge on any atom is 0.267 e. The average Bonchev–Trinajstić information content (AvgIpc) is 2.94. The van der Waals surface area contributed by atoms with Crippen molar-refractivity contribution in [3.63, 3.8) is 0 Å². The minimum absolute atomic E-state index is 0.0404. The van der Waals surface area contributed by atoms with Crippen LogP contribution in [0.3, 0.4) is 0 Å². The molecule has 1 heterocycles. The highest BCUT2D eigenvalue weighted by atomic mass is 16.1. The second-order valence-corrected chi connectivity index (χ2v) is 6.04. The minimum atomic E-state index is -0.0404. The third-order valence-corrected chi connectivity index (χ3v) is 4.50. The van der Waals surface area contributed by atoms with Crippen molar-refractivity contribution in [1.29, 1.82) is 0 Å². The van der Waals surface area contributed by atoms with E-state index in [-0.39, 0.29) is 5.91 Å². The Bertz CT molecular complexity index is 626. The van der Waals surface area contributed by atoms with Crippen molar-refractivity contribution in [2.24, 2.45) is 5.92 Å². The topological polar surface area (TPSA) is 70.9 Å². The summed E-state index contributed by atoms with van der Waals surface area (Å²) in [6.45, 7) is 0.758. The predicted octanol–water partition coefficient (Wildman–Crippen LogP) is 3.45. The van der Waals surface area contributed by atoms with Gasteiger partial charge < -0.3 is 16.0 Å². The van der Waals surface area contributed by atoms with Crippen molar-refractivity contribution in [1.82, 2.24) is 10.3 Å². The summed E-state index contributed by atoms with van der Waals surface area (Å²) in [5, 5.41) is 3.99. The molecule has 1 fully saturated rings. The third kappa shape index (κ3) is 3.20. The molecule has 3 rings (SSSR count). The highest BCUT2D eigenvalue weighted by molar-refractivity contribution is 6.00. The fourth-order valence-corrected chi connectivity index (χ4v) is 3.26. The lowest BCUT2D eigenvalue weighted by Gasteiger charge is -2.21. The summed E-state index contributed by atoms with van der Waals surface area (Å²) in [5.74, 6) is 0.749. The first-order valence-corrected chi connectivity index (χ1v) is 7.89. The molecule has 0 aliphatic heterocycles. The molecule has 4 N–H and O–H groups in total. The number of carbonyl (C=O) groups is 1. The van der Waals surface area contributed by atoms with E-state index >= 15 is 0 Å². The van der Waals surface area contributed by atoms with E-state index in [4.69, 9.17) is 5.73 Å². The van der Waals surface area contributed by atoms with Gasteiger partial charge in [0.2, 0.25) is 0 Å². The molecule has 21 heavy (non-hydrogen) atoms. The number of amides is 1. The van der Waals surface area contributed by atoms with E-state index in [1.807, 2.05) is 24.3 Å². The van der Waals surface area contributed by atoms with E-state index in [0.717, 1.165) is 29.8 Å². The Morgan fingerprint density at radius 1 is 1.29 bits per heavy atom. The highest BCUT2D eigenvalue weighted by Crippen LogP contribution is 2.26. The summed E-state index contributed by atoms with van der Waals surface area (Å²) in [6, 6.07) is 7.56. The molecule has 0 atom stereocenters. The van der Waals surface area contributed by atoms with E-state index in [0.29, 0.717) is 11.4 Å². The Morgan fingerprint density at radius 3 is 2.86 bits per heavy atom. The zero-order chi connectivity index (χ0) is 14.7. The summed E-state index contributed by atoms with van der Waals surface area (Å²) in [5.41, 5.74) is 8.01. The Kier molecular flexibility index (Phi) is 4.13. The van der Waals surface area contributed by atoms with Gasteiger partial charge in [0.25, 0.3) is 5.91 Å². The third-order valence-electron chi connectivity index (χ3n) is 4.50. The van der Waals surface area contributed by atoms with Gasteiger partial charge in [-0.15, -0.1) is 0 Å². The quantitative estimate of drug-likeness (QED) is 0.753. The van der Waals surface area contributed by atoms with Crippen LogP contribution in [-0.4, -0.2) is 17.4 Å². The number of hydrogen-bond donors (Lipinski definition) is 3. The molecular formula is C17H23N3O. The van der Waals surface area contributed by atoms with E-state index in [2.05, 4.69) is 10.3 Å². The molecule has 1 aromatic heterocycles. The number of carbonyl (C=O) groups excluding carboxylic acids is 1. The van der Waals surface area contributed by atoms with Gasteiger partial charge in [-0.1, -0.05) is 44.2 Å². The number of anilines is 1. The average molecular weight is 285 g/mol. The molecular weight excluding hydrogens is 262 g/mol. The molecule has 0 radical (unpaired) electrons. The smallest absolute Gasteiger partial charge is 0.267 e. The van der Waals surface area contributed by atoms with Gasteiger partial charge in [-0.25, -0.2) is 0 Å². The largest absolute Gasteiger partial charge is 0.397 e. The fraction of sp³-hybridized carbons (Fsp3) is 0.471. The van der Waals surface area contributed by atoms with Crippen LogP contribution in [0.2, 0.25) is 0 Å². The molecule has 1 aliphatic rings. The van der Waals surface area contributed by atoms with E-state index < -0.39 is 0 Å². The van der Waals surface area contributed by atoms with Crippen LogP contribution in [0.5, 0.6) is 0 Å². The number of benzene rings is 1. The monoisotopic (exact) mass is 285 g/mol. The molecule has 1 saturated carbocycles. The molecule has 4 nitrogen and oxygen atoms in total. The lowest BCUT2D eigenvalue weighted by atomic mass is 9.87. The first-order valence-electron chi connectivity index (χ1n) is 7.89. The molecule has 0 saturated heterocycles. The molecule has 0 unspecified atom stereocenters. The summed E-state index contributed by atoms with van der Waals surface area (Å²) >= 11 is 0. The minimum Gasteiger partial charge on any atom is -0.397 e. The van der Waals surface area contributed by atoms with Crippen molar-refractivity contribution in [3.05, 3.63) is 30.0 Å². The van der Waals surface area contributed by atoms with Gasteiger partial charge in [0, 0.05) is 11.9 Å². The number of aromatic amines is 1. The summed E-state index contributed by atoms with van der Waals surface area (Å²) < 4.78 is 0. The number of para-hydroxylation sites is 1. The van der Waals surface area contributed by atoms with Crippen molar-refractivity contribution in [2.45, 2.75) is 38.5 Å². The van der Waals surface area contributed by atoms with Crippen LogP contribution in [0, 0.1) is 5.92 Å². The number of H-pyrrole nitrogens is 1. The zero-order valence-corrected chi connectivity index (χ0v) is 12.3. The van der Waals surface area contributed by atoms with Crippen LogP contribution in [-0.2, 0) is 0 Å². The van der Waals surface area contributed by atoms with Gasteiger partial charge in [0.1, 0.15) is 5.69 Å². The molecule has 1 aliphatic carbocycles. The number of fused-ring (bicyclic) bond motifs is 1. The van der Waals surface area contributed by atoms with Gasteiger partial charge in [-0.2, -0.15) is 0 Å². The number of nitrogens with one attached hydrogen (secondary N) is 2. The Labute approximate surface area is 125 Å². The molecule has 112 valence electrons. The molecule has 0 bridgehead atoms. The number of rotatable bonds is 4. The lowest BCUT2D eigenvalue weighted by Crippen LogP contribution is -2.26. The lowest BCUT2D eigenvalue weighted by molar-refractivity contribution is 0.0946. The molecule has 1 aromatic carbocycles. The maximum absolute atomic E-state index is 12.2. The fourth-order valence-electron chi connectivity index (χ4n) is 3.26. The maximum atomic E-state index is 12.2. The van der Waals surface area contributed by atoms with Gasteiger partial charge in [-0.05, 0) is 24.5 Å². The highest BCUT2D eigenvalue weighted by Gasteiger charge is 2.14. The van der Waals surface area contributed by atoms with Gasteiger partial charge >= 0.3 is 0 Å². The van der Waals surface area contributed by atoms with Crippen LogP contribution < -0.4 is 11.1 Å². The molecule has 2 aromatic rings. The standard InChI is InChI=1S/C17H23N3O/c18-14-8-4-7-13-11-15(20-16(13)14)17(21)19-10-9-12-5-2-1-3-6-12/h4,7-8,11-12,20H,1-3,5-6,9-10,18H2,(H,19,21). The Hall–Kier alpha value is -1.97. The van der Waals surface area contributed by atoms with E-state index in [1.165, 1.54) is 32.1 Å². The van der Waals surface area contributed by atoms with Gasteiger partial charge in [0.05, 0.1) is 11.2 Å². The van der Waals surface area contributed by atoms with Crippen LogP contribution in [0.25, 0.3) is 10.9 Å². The second kappa shape index (κ2) is 6.20. The van der Waals surface area contributed by atoms with Gasteiger partial charge in [0.15, 0.2) is 0 Å². The Morgan fingerprint density at radius 2 is 2.10 bits per heavy atom. The number of aromatic nitrogens is 1. The molecule has 1 amide bonds. The number of nitrogen functional groups attached to an aromatic ring is 1. The first kappa shape index (κ1) is 14.0. The van der Waals surface area contributed by atoms with Crippen molar-refractivity contribution < 1.29 is 4.79 Å². The van der Waals surface area contributed by atoms with Crippen molar-refractivity contribution >= 4 is 22.5 Å². The van der Waals surface area contributed by atoms with E-state index in [9.17, 15) is 4.79 Å². The zero-order valence-electron chi connectivity index (χ0n) is 12.3. The summed E-state index contributed by atoms with van der Waals surface area (Å²) in [4.78, 5) is 15.3. The van der Waals surface area contributed by atoms with Crippen LogP contribution in [0.4, 0.5) is 5.69 Å². The summed E-state index contributed by atoms with van der Waals surface area (Å²) in [6.07, 6.45) is 7.80. The molecule has 4 heteroatoms. The number of hydrogen-bond acceptors (Lipinski definition) is 2. The van der Waals surface area contributed by atoms with Crippen LogP contribution >= 0.6 is 0 Å². The van der Waals surface area contributed by atoms with Crippen LogP contribution in [0.1, 0.15) is 49.0 Å². The SMILES string of the molecule is Nc1cccc2cc(C(=O)NCCC3CCCCC3)[nH]c12. The van der Waals surface area contributed by atoms with Crippen molar-refractivity contribution in [2.75, 3.05) is 12.3 Å².